The number of nitrogens with zero attached hydrogens (tertiary/aromatic N) is 1. The third-order valence-corrected chi connectivity index (χ3v) is 4.88. The molecule has 0 aromatic heterocycles. The SMILES string of the molecule is CCNC(=NCC(CCO)CC(C)C)NC1CCC(C(=O)OCC)CC1. The fourth-order valence-corrected chi connectivity index (χ4v) is 3.60. The van der Waals surface area contributed by atoms with Crippen LogP contribution in [0.15, 0.2) is 4.99 Å². The number of aliphatic imine (C=N–C) groups is 1. The summed E-state index contributed by atoms with van der Waals surface area (Å²) < 4.78 is 5.14. The second-order valence-corrected chi connectivity index (χ2v) is 7.67. The third kappa shape index (κ3) is 8.88. The summed E-state index contributed by atoms with van der Waals surface area (Å²) in [4.78, 5) is 16.6. The monoisotopic (exact) mass is 369 g/mol. The number of carbonyl (C=O) groups is 1. The number of aliphatic hydroxyl groups excluding tert-OH is 1. The van der Waals surface area contributed by atoms with E-state index >= 15 is 0 Å². The van der Waals surface area contributed by atoms with Gasteiger partial charge in [-0.25, -0.2) is 0 Å². The highest BCUT2D eigenvalue weighted by molar-refractivity contribution is 5.80. The first-order valence-corrected chi connectivity index (χ1v) is 10.3. The average molecular weight is 370 g/mol. The first-order valence-electron chi connectivity index (χ1n) is 10.3. The van der Waals surface area contributed by atoms with Crippen molar-refractivity contribution in [3.63, 3.8) is 0 Å². The van der Waals surface area contributed by atoms with Crippen molar-refractivity contribution < 1.29 is 14.6 Å². The van der Waals surface area contributed by atoms with Crippen molar-refractivity contribution in [3.05, 3.63) is 0 Å². The smallest absolute Gasteiger partial charge is 0.308 e. The molecule has 1 aliphatic rings. The van der Waals surface area contributed by atoms with Gasteiger partial charge in [0.15, 0.2) is 5.96 Å². The van der Waals surface area contributed by atoms with Gasteiger partial charge in [0, 0.05) is 25.7 Å². The Morgan fingerprint density at radius 1 is 1.23 bits per heavy atom. The van der Waals surface area contributed by atoms with Gasteiger partial charge >= 0.3 is 5.97 Å². The molecule has 1 rings (SSSR count). The van der Waals surface area contributed by atoms with Gasteiger partial charge in [-0.1, -0.05) is 13.8 Å². The summed E-state index contributed by atoms with van der Waals surface area (Å²) in [6.07, 6.45) is 5.53. The Hall–Kier alpha value is -1.30. The van der Waals surface area contributed by atoms with Crippen molar-refractivity contribution in [1.82, 2.24) is 10.6 Å². The summed E-state index contributed by atoms with van der Waals surface area (Å²) in [5.41, 5.74) is 0. The summed E-state index contributed by atoms with van der Waals surface area (Å²) >= 11 is 0. The lowest BCUT2D eigenvalue weighted by Gasteiger charge is -2.29. The molecule has 1 atom stereocenters. The van der Waals surface area contributed by atoms with Crippen LogP contribution in [0.1, 0.15) is 66.2 Å². The second-order valence-electron chi connectivity index (χ2n) is 7.67. The van der Waals surface area contributed by atoms with Crippen molar-refractivity contribution in [3.8, 4) is 0 Å². The van der Waals surface area contributed by atoms with E-state index in [1.54, 1.807) is 0 Å². The van der Waals surface area contributed by atoms with Gasteiger partial charge in [0.2, 0.25) is 0 Å². The number of hydrogen-bond donors (Lipinski definition) is 3. The number of guanidine groups is 1. The van der Waals surface area contributed by atoms with Crippen LogP contribution in [0.2, 0.25) is 0 Å². The van der Waals surface area contributed by atoms with E-state index in [0.29, 0.717) is 24.5 Å². The molecule has 0 heterocycles. The maximum Gasteiger partial charge on any atom is 0.308 e. The van der Waals surface area contributed by atoms with Crippen LogP contribution in [0.25, 0.3) is 0 Å². The molecule has 0 bridgehead atoms. The molecular weight excluding hydrogens is 330 g/mol. The van der Waals surface area contributed by atoms with Crippen LogP contribution in [0, 0.1) is 17.8 Å². The van der Waals surface area contributed by atoms with Gasteiger partial charge in [-0.15, -0.1) is 0 Å². The average Bonchev–Trinajstić information content (AvgIpc) is 2.60. The second kappa shape index (κ2) is 13.0. The molecule has 0 saturated heterocycles. The summed E-state index contributed by atoms with van der Waals surface area (Å²) in [7, 11) is 0. The molecule has 152 valence electrons. The lowest BCUT2D eigenvalue weighted by atomic mass is 9.86. The van der Waals surface area contributed by atoms with E-state index in [4.69, 9.17) is 9.73 Å². The molecule has 0 aromatic carbocycles. The first kappa shape index (κ1) is 22.7. The molecule has 0 radical (unpaired) electrons. The predicted octanol–water partition coefficient (Wildman–Crippen LogP) is 2.71. The Balaban J connectivity index is 2.52. The zero-order chi connectivity index (χ0) is 19.4. The van der Waals surface area contributed by atoms with Crippen LogP contribution in [0.5, 0.6) is 0 Å². The number of aliphatic hydroxyl groups is 1. The maximum atomic E-state index is 11.9. The minimum Gasteiger partial charge on any atom is -0.466 e. The quantitative estimate of drug-likeness (QED) is 0.313. The number of carbonyl (C=O) groups excluding carboxylic acids is 1. The standard InChI is InChI=1S/C20H39N3O3/c1-5-21-20(22-14-16(11-12-24)13-15(3)4)23-18-9-7-17(8-10-18)19(25)26-6-2/h15-18,24H,5-14H2,1-4H3,(H2,21,22,23). The molecule has 0 aromatic rings. The van der Waals surface area contributed by atoms with E-state index in [-0.39, 0.29) is 18.5 Å². The van der Waals surface area contributed by atoms with E-state index < -0.39 is 0 Å². The largest absolute Gasteiger partial charge is 0.466 e. The maximum absolute atomic E-state index is 11.9. The number of ether oxygens (including phenoxy) is 1. The topological polar surface area (TPSA) is 83.0 Å². The molecule has 26 heavy (non-hydrogen) atoms. The normalized spacial score (nSPS) is 22.2. The van der Waals surface area contributed by atoms with Crippen molar-refractivity contribution in [1.29, 1.82) is 0 Å². The van der Waals surface area contributed by atoms with Crippen LogP contribution in [0.3, 0.4) is 0 Å². The summed E-state index contributed by atoms with van der Waals surface area (Å²) in [6, 6.07) is 0.347. The molecule has 1 fully saturated rings. The van der Waals surface area contributed by atoms with E-state index in [2.05, 4.69) is 31.4 Å². The minimum atomic E-state index is -0.0490. The molecule has 3 N–H and O–H groups in total. The predicted molar refractivity (Wildman–Crippen MR) is 106 cm³/mol. The number of rotatable bonds is 10. The lowest BCUT2D eigenvalue weighted by Crippen LogP contribution is -2.45. The molecule has 0 spiro atoms. The van der Waals surface area contributed by atoms with Crippen LogP contribution >= 0.6 is 0 Å². The van der Waals surface area contributed by atoms with Crippen molar-refractivity contribution in [2.75, 3.05) is 26.3 Å². The molecule has 1 aliphatic carbocycles. The van der Waals surface area contributed by atoms with Gasteiger partial charge in [-0.2, -0.15) is 0 Å². The van der Waals surface area contributed by atoms with Gasteiger partial charge in [-0.3, -0.25) is 9.79 Å². The fraction of sp³-hybridized carbons (Fsp3) is 0.900. The Labute approximate surface area is 159 Å². The lowest BCUT2D eigenvalue weighted by molar-refractivity contribution is -0.149. The number of esters is 1. The van der Waals surface area contributed by atoms with E-state index in [1.165, 1.54) is 0 Å². The van der Waals surface area contributed by atoms with Crippen molar-refractivity contribution in [2.45, 2.75) is 72.3 Å². The van der Waals surface area contributed by atoms with Gasteiger partial charge < -0.3 is 20.5 Å². The Morgan fingerprint density at radius 3 is 2.46 bits per heavy atom. The number of hydrogen-bond acceptors (Lipinski definition) is 4. The summed E-state index contributed by atoms with van der Waals surface area (Å²) in [5.74, 6) is 1.86. The van der Waals surface area contributed by atoms with Crippen molar-refractivity contribution >= 4 is 11.9 Å². The molecule has 6 nitrogen and oxygen atoms in total. The molecule has 0 aliphatic heterocycles. The first-order chi connectivity index (χ1) is 12.5. The highest BCUT2D eigenvalue weighted by atomic mass is 16.5. The van der Waals surface area contributed by atoms with Gasteiger partial charge in [0.05, 0.1) is 12.5 Å². The van der Waals surface area contributed by atoms with Crippen LogP contribution in [0.4, 0.5) is 0 Å². The zero-order valence-electron chi connectivity index (χ0n) is 17.1. The van der Waals surface area contributed by atoms with Crippen LogP contribution in [-0.4, -0.2) is 49.4 Å². The highest BCUT2D eigenvalue weighted by Gasteiger charge is 2.27. The van der Waals surface area contributed by atoms with E-state index in [0.717, 1.165) is 57.6 Å². The van der Waals surface area contributed by atoms with Crippen molar-refractivity contribution in [2.24, 2.45) is 22.7 Å². The molecule has 1 unspecified atom stereocenters. The van der Waals surface area contributed by atoms with Gasteiger partial charge in [0.1, 0.15) is 0 Å². The molecular formula is C20H39N3O3. The summed E-state index contributed by atoms with van der Waals surface area (Å²) in [5, 5.41) is 16.1. The fourth-order valence-electron chi connectivity index (χ4n) is 3.60. The zero-order valence-corrected chi connectivity index (χ0v) is 17.1. The summed E-state index contributed by atoms with van der Waals surface area (Å²) in [6.45, 7) is 10.6. The Morgan fingerprint density at radius 2 is 1.92 bits per heavy atom. The van der Waals surface area contributed by atoms with Crippen LogP contribution in [-0.2, 0) is 9.53 Å². The van der Waals surface area contributed by atoms with Crippen LogP contribution < -0.4 is 10.6 Å². The Kier molecular flexibility index (Phi) is 11.3. The van der Waals surface area contributed by atoms with E-state index in [1.807, 2.05) is 6.92 Å². The minimum absolute atomic E-state index is 0.0486. The molecule has 0 amide bonds. The van der Waals surface area contributed by atoms with Gasteiger partial charge in [0.25, 0.3) is 0 Å². The van der Waals surface area contributed by atoms with E-state index in [9.17, 15) is 9.90 Å². The van der Waals surface area contributed by atoms with Gasteiger partial charge in [-0.05, 0) is 64.2 Å². The molecule has 6 heteroatoms. The third-order valence-electron chi connectivity index (χ3n) is 4.88. The highest BCUT2D eigenvalue weighted by Crippen LogP contribution is 2.25. The molecule has 1 saturated carbocycles. The number of nitrogens with one attached hydrogen (secondary N) is 2. The Bertz CT molecular complexity index is 419.